The molecular formula is C17H24N2O2. The van der Waals surface area contributed by atoms with Crippen LogP contribution in [0, 0.1) is 12.3 Å². The van der Waals surface area contributed by atoms with E-state index in [4.69, 9.17) is 4.74 Å². The first kappa shape index (κ1) is 14.4. The molecule has 2 heterocycles. The zero-order chi connectivity index (χ0) is 14.7. The van der Waals surface area contributed by atoms with Crippen LogP contribution >= 0.6 is 0 Å². The number of carbonyl (C=O) groups excluding carboxylic acids is 1. The second kappa shape index (κ2) is 6.06. The molecule has 2 saturated heterocycles. The Morgan fingerprint density at radius 3 is 2.81 bits per heavy atom. The first-order chi connectivity index (χ1) is 10.2. The normalized spacial score (nSPS) is 20.7. The first-order valence-electron chi connectivity index (χ1n) is 7.85. The van der Waals surface area contributed by atoms with Crippen LogP contribution < -0.4 is 10.1 Å². The van der Waals surface area contributed by atoms with E-state index in [2.05, 4.69) is 5.32 Å². The number of benzene rings is 1. The highest BCUT2D eigenvalue weighted by molar-refractivity contribution is 5.77. The van der Waals surface area contributed by atoms with Crippen molar-refractivity contribution in [3.05, 3.63) is 29.8 Å². The highest BCUT2D eigenvalue weighted by Gasteiger charge is 2.37. The van der Waals surface area contributed by atoms with E-state index in [1.165, 1.54) is 6.42 Å². The molecule has 4 heteroatoms. The number of nitrogens with zero attached hydrogens (tertiary/aromatic N) is 1. The molecule has 1 N–H and O–H groups in total. The van der Waals surface area contributed by atoms with E-state index in [9.17, 15) is 4.79 Å². The number of ether oxygens (including phenoxy) is 1. The van der Waals surface area contributed by atoms with Gasteiger partial charge in [0, 0.05) is 19.6 Å². The molecule has 4 nitrogen and oxygen atoms in total. The Morgan fingerprint density at radius 1 is 1.33 bits per heavy atom. The minimum absolute atomic E-state index is 0.109. The van der Waals surface area contributed by atoms with Crippen LogP contribution in [0.15, 0.2) is 24.3 Å². The van der Waals surface area contributed by atoms with Crippen molar-refractivity contribution >= 4 is 5.91 Å². The molecular weight excluding hydrogens is 264 g/mol. The van der Waals surface area contributed by atoms with E-state index in [1.807, 2.05) is 36.1 Å². The van der Waals surface area contributed by atoms with Crippen LogP contribution in [-0.2, 0) is 4.79 Å². The summed E-state index contributed by atoms with van der Waals surface area (Å²) in [5.74, 6) is 0.883. The summed E-state index contributed by atoms with van der Waals surface area (Å²) < 4.78 is 5.62. The summed E-state index contributed by atoms with van der Waals surface area (Å²) in [6, 6.07) is 7.83. The Balaban J connectivity index is 1.48. The molecule has 0 bridgehead atoms. The number of nitrogens with one attached hydrogen (secondary N) is 1. The van der Waals surface area contributed by atoms with Gasteiger partial charge in [-0.3, -0.25) is 4.79 Å². The fourth-order valence-corrected chi connectivity index (χ4v) is 3.39. The van der Waals surface area contributed by atoms with Gasteiger partial charge in [-0.05, 0) is 55.8 Å². The van der Waals surface area contributed by atoms with Crippen LogP contribution in [0.4, 0.5) is 0 Å². The minimum atomic E-state index is 0.109. The van der Waals surface area contributed by atoms with E-state index >= 15 is 0 Å². The van der Waals surface area contributed by atoms with Crippen LogP contribution in [-0.4, -0.2) is 43.6 Å². The maximum absolute atomic E-state index is 12.2. The van der Waals surface area contributed by atoms with Gasteiger partial charge >= 0.3 is 0 Å². The Kier molecular flexibility index (Phi) is 4.15. The lowest BCUT2D eigenvalue weighted by atomic mass is 9.78. The summed E-state index contributed by atoms with van der Waals surface area (Å²) in [4.78, 5) is 14.2. The number of hydrogen-bond acceptors (Lipinski definition) is 3. The number of aryl methyl sites for hydroxylation is 1. The van der Waals surface area contributed by atoms with Gasteiger partial charge in [0.1, 0.15) is 5.75 Å². The van der Waals surface area contributed by atoms with Gasteiger partial charge < -0.3 is 15.0 Å². The molecule has 1 spiro atoms. The van der Waals surface area contributed by atoms with Crippen molar-refractivity contribution in [2.45, 2.75) is 26.2 Å². The molecule has 2 aliphatic rings. The Morgan fingerprint density at radius 2 is 2.14 bits per heavy atom. The average Bonchev–Trinajstić information content (AvgIpc) is 2.94. The highest BCUT2D eigenvalue weighted by atomic mass is 16.5. The first-order valence-corrected chi connectivity index (χ1v) is 7.85. The van der Waals surface area contributed by atoms with Gasteiger partial charge in [0.05, 0.1) is 0 Å². The summed E-state index contributed by atoms with van der Waals surface area (Å²) in [7, 11) is 0. The molecule has 0 atom stereocenters. The summed E-state index contributed by atoms with van der Waals surface area (Å²) in [5, 5.41) is 3.45. The molecule has 0 saturated carbocycles. The van der Waals surface area contributed by atoms with Gasteiger partial charge in [0.2, 0.25) is 0 Å². The summed E-state index contributed by atoms with van der Waals surface area (Å²) in [5.41, 5.74) is 1.60. The third-order valence-corrected chi connectivity index (χ3v) is 4.86. The Labute approximate surface area is 126 Å². The molecule has 1 aromatic carbocycles. The number of likely N-dealkylation sites (tertiary alicyclic amines) is 1. The second-order valence-corrected chi connectivity index (χ2v) is 6.41. The van der Waals surface area contributed by atoms with Gasteiger partial charge in [0.25, 0.3) is 5.91 Å². The van der Waals surface area contributed by atoms with Gasteiger partial charge in [-0.15, -0.1) is 0 Å². The van der Waals surface area contributed by atoms with Crippen molar-refractivity contribution in [1.29, 1.82) is 0 Å². The predicted octanol–water partition coefficient (Wildman–Crippen LogP) is 1.98. The van der Waals surface area contributed by atoms with Crippen molar-refractivity contribution < 1.29 is 9.53 Å². The van der Waals surface area contributed by atoms with Gasteiger partial charge in [0.15, 0.2) is 6.61 Å². The standard InChI is InChI=1S/C17H24N2O2/c1-14-3-2-4-15(11-14)21-12-16(20)19-9-6-17(7-10-19)5-8-18-13-17/h2-4,11,18H,5-10,12-13H2,1H3. The predicted molar refractivity (Wildman–Crippen MR) is 82.4 cm³/mol. The van der Waals surface area contributed by atoms with Crippen molar-refractivity contribution in [1.82, 2.24) is 10.2 Å². The van der Waals surface area contributed by atoms with Gasteiger partial charge in [-0.25, -0.2) is 0 Å². The lowest BCUT2D eigenvalue weighted by molar-refractivity contribution is -0.135. The quantitative estimate of drug-likeness (QED) is 0.924. The molecule has 1 aromatic rings. The maximum atomic E-state index is 12.2. The average molecular weight is 288 g/mol. The van der Waals surface area contributed by atoms with Crippen LogP contribution in [0.2, 0.25) is 0 Å². The molecule has 2 aliphatic heterocycles. The molecule has 0 radical (unpaired) electrons. The van der Waals surface area contributed by atoms with Crippen molar-refractivity contribution in [2.24, 2.45) is 5.41 Å². The molecule has 114 valence electrons. The van der Waals surface area contributed by atoms with Gasteiger partial charge in [-0.1, -0.05) is 12.1 Å². The number of carbonyl (C=O) groups is 1. The number of rotatable bonds is 3. The van der Waals surface area contributed by atoms with E-state index < -0.39 is 0 Å². The van der Waals surface area contributed by atoms with Crippen LogP contribution in [0.3, 0.4) is 0 Å². The van der Waals surface area contributed by atoms with Crippen LogP contribution in [0.1, 0.15) is 24.8 Å². The minimum Gasteiger partial charge on any atom is -0.484 e. The monoisotopic (exact) mass is 288 g/mol. The van der Waals surface area contributed by atoms with E-state index in [1.54, 1.807) is 0 Å². The van der Waals surface area contributed by atoms with Crippen molar-refractivity contribution in [3.8, 4) is 5.75 Å². The molecule has 21 heavy (non-hydrogen) atoms. The molecule has 2 fully saturated rings. The number of amides is 1. The van der Waals surface area contributed by atoms with Crippen molar-refractivity contribution in [2.75, 3.05) is 32.8 Å². The number of hydrogen-bond donors (Lipinski definition) is 1. The van der Waals surface area contributed by atoms with Crippen LogP contribution in [0.25, 0.3) is 0 Å². The Hall–Kier alpha value is -1.55. The van der Waals surface area contributed by atoms with E-state index in [-0.39, 0.29) is 12.5 Å². The third-order valence-electron chi connectivity index (χ3n) is 4.86. The molecule has 0 aliphatic carbocycles. The molecule has 1 amide bonds. The third kappa shape index (κ3) is 3.38. The molecule has 0 unspecified atom stereocenters. The fourth-order valence-electron chi connectivity index (χ4n) is 3.39. The van der Waals surface area contributed by atoms with Crippen molar-refractivity contribution in [3.63, 3.8) is 0 Å². The maximum Gasteiger partial charge on any atom is 0.260 e. The zero-order valence-electron chi connectivity index (χ0n) is 12.7. The molecule has 0 aromatic heterocycles. The molecule has 3 rings (SSSR count). The highest BCUT2D eigenvalue weighted by Crippen LogP contribution is 2.36. The summed E-state index contributed by atoms with van der Waals surface area (Å²) in [6.45, 7) is 6.16. The lowest BCUT2D eigenvalue weighted by Crippen LogP contribution is -2.45. The summed E-state index contributed by atoms with van der Waals surface area (Å²) in [6.07, 6.45) is 3.50. The zero-order valence-corrected chi connectivity index (χ0v) is 12.7. The second-order valence-electron chi connectivity index (χ2n) is 6.41. The van der Waals surface area contributed by atoms with E-state index in [0.29, 0.717) is 5.41 Å². The SMILES string of the molecule is Cc1cccc(OCC(=O)N2CCC3(CCNC3)CC2)c1. The van der Waals surface area contributed by atoms with Gasteiger partial charge in [-0.2, -0.15) is 0 Å². The number of piperidine rings is 1. The fraction of sp³-hybridized carbons (Fsp3) is 0.588. The lowest BCUT2D eigenvalue weighted by Gasteiger charge is -2.38. The Bertz CT molecular complexity index is 499. The summed E-state index contributed by atoms with van der Waals surface area (Å²) >= 11 is 0. The smallest absolute Gasteiger partial charge is 0.260 e. The largest absolute Gasteiger partial charge is 0.484 e. The van der Waals surface area contributed by atoms with Crippen LogP contribution in [0.5, 0.6) is 5.75 Å². The topological polar surface area (TPSA) is 41.6 Å². The van der Waals surface area contributed by atoms with E-state index in [0.717, 1.165) is 50.3 Å².